The molecule has 0 saturated heterocycles. The second-order valence-corrected chi connectivity index (χ2v) is 10.6. The summed E-state index contributed by atoms with van der Waals surface area (Å²) in [7, 11) is -2.22. The van der Waals surface area contributed by atoms with E-state index in [1.54, 1.807) is 22.7 Å². The van der Waals surface area contributed by atoms with Crippen LogP contribution in [-0.4, -0.2) is 52.0 Å². The van der Waals surface area contributed by atoms with Gasteiger partial charge < -0.3 is 0 Å². The summed E-state index contributed by atoms with van der Waals surface area (Å²) in [6, 6.07) is 0. The molecule has 168 valence electrons. The number of sulfonamides is 1. The summed E-state index contributed by atoms with van der Waals surface area (Å²) in [4.78, 5) is 23.8. The number of carbonyl (C=O) groups excluding carboxylic acids is 1. The van der Waals surface area contributed by atoms with Gasteiger partial charge in [0.1, 0.15) is 16.5 Å². The van der Waals surface area contributed by atoms with Gasteiger partial charge in [-0.3, -0.25) is 14.4 Å². The summed E-state index contributed by atoms with van der Waals surface area (Å²) in [6.07, 6.45) is 5.84. The molecule has 2 aliphatic rings. The van der Waals surface area contributed by atoms with E-state index in [-0.39, 0.29) is 17.3 Å². The highest BCUT2D eigenvalue weighted by atomic mass is 32.2. The third-order valence-electron chi connectivity index (χ3n) is 5.93. The predicted octanol–water partition coefficient (Wildman–Crippen LogP) is 2.21. The van der Waals surface area contributed by atoms with Crippen molar-refractivity contribution in [3.05, 3.63) is 29.0 Å². The lowest BCUT2D eigenvalue weighted by molar-refractivity contribution is -0.119. The number of fused-ring (bicyclic) bond motifs is 1. The van der Waals surface area contributed by atoms with Crippen LogP contribution in [0.3, 0.4) is 0 Å². The maximum absolute atomic E-state index is 13.2. The van der Waals surface area contributed by atoms with E-state index in [1.807, 2.05) is 13.8 Å². The number of carbonyl (C=O) groups is 1. The Morgan fingerprint density at radius 2 is 1.90 bits per heavy atom. The topological polar surface area (TPSA) is 101 Å². The van der Waals surface area contributed by atoms with Crippen LogP contribution in [0.2, 0.25) is 0 Å². The Balaban J connectivity index is 1.61. The van der Waals surface area contributed by atoms with Crippen molar-refractivity contribution < 1.29 is 13.2 Å². The zero-order valence-corrected chi connectivity index (χ0v) is 19.4. The van der Waals surface area contributed by atoms with Gasteiger partial charge in [-0.05, 0) is 45.4 Å². The lowest BCUT2D eigenvalue weighted by Gasteiger charge is -2.29. The normalized spacial score (nSPS) is 16.8. The van der Waals surface area contributed by atoms with Crippen molar-refractivity contribution in [1.29, 1.82) is 0 Å². The monoisotopic (exact) mass is 446 g/mol. The van der Waals surface area contributed by atoms with Crippen molar-refractivity contribution in [1.82, 2.24) is 24.1 Å². The standard InChI is InChI=1S/C21H30N6O3S/c1-5-10-26-12-18(15(3)24-26)31(29,30)25(4)13-19-22-14(2)17-8-9-20(28)27(21(17)23-19)11-16-6-7-16/h12,16H,5-11,13H2,1-4H3. The van der Waals surface area contributed by atoms with Crippen molar-refractivity contribution in [2.24, 2.45) is 5.92 Å². The van der Waals surface area contributed by atoms with Crippen LogP contribution in [0.15, 0.2) is 11.1 Å². The summed E-state index contributed by atoms with van der Waals surface area (Å²) >= 11 is 0. The zero-order valence-electron chi connectivity index (χ0n) is 18.6. The minimum Gasteiger partial charge on any atom is -0.296 e. The molecule has 31 heavy (non-hydrogen) atoms. The van der Waals surface area contributed by atoms with Gasteiger partial charge in [0.15, 0.2) is 0 Å². The van der Waals surface area contributed by atoms with Crippen LogP contribution >= 0.6 is 0 Å². The summed E-state index contributed by atoms with van der Waals surface area (Å²) in [5.41, 5.74) is 2.28. The fourth-order valence-electron chi connectivity index (χ4n) is 4.00. The molecule has 1 saturated carbocycles. The van der Waals surface area contributed by atoms with Crippen LogP contribution in [0.5, 0.6) is 0 Å². The minimum atomic E-state index is -3.74. The van der Waals surface area contributed by atoms with Crippen LogP contribution in [-0.2, 0) is 34.3 Å². The molecule has 4 rings (SSSR count). The Kier molecular flexibility index (Phi) is 5.87. The van der Waals surface area contributed by atoms with Crippen LogP contribution < -0.4 is 4.90 Å². The number of hydrogen-bond donors (Lipinski definition) is 0. The molecule has 0 bridgehead atoms. The molecule has 0 radical (unpaired) electrons. The number of amides is 1. The first kappa shape index (κ1) is 21.9. The van der Waals surface area contributed by atoms with Crippen LogP contribution in [0.4, 0.5) is 5.82 Å². The van der Waals surface area contributed by atoms with Crippen LogP contribution in [0, 0.1) is 19.8 Å². The van der Waals surface area contributed by atoms with Crippen LogP contribution in [0.1, 0.15) is 55.4 Å². The van der Waals surface area contributed by atoms with Crippen LogP contribution in [0.25, 0.3) is 0 Å². The predicted molar refractivity (Wildman–Crippen MR) is 116 cm³/mol. The zero-order chi connectivity index (χ0) is 22.3. The minimum absolute atomic E-state index is 0.0281. The maximum Gasteiger partial charge on any atom is 0.246 e. The molecular formula is C21H30N6O3S. The molecule has 0 aromatic carbocycles. The number of nitrogens with zero attached hydrogens (tertiary/aromatic N) is 6. The van der Waals surface area contributed by atoms with Crippen molar-refractivity contribution in [3.63, 3.8) is 0 Å². The molecule has 1 aliphatic carbocycles. The molecule has 10 heteroatoms. The Morgan fingerprint density at radius 1 is 1.16 bits per heavy atom. The summed E-state index contributed by atoms with van der Waals surface area (Å²) < 4.78 is 29.3. The first-order chi connectivity index (χ1) is 14.7. The Morgan fingerprint density at radius 3 is 2.58 bits per heavy atom. The molecule has 0 N–H and O–H groups in total. The first-order valence-corrected chi connectivity index (χ1v) is 12.3. The molecule has 0 spiro atoms. The highest BCUT2D eigenvalue weighted by Gasteiger charge is 2.34. The van der Waals surface area contributed by atoms with E-state index in [1.165, 1.54) is 11.4 Å². The van der Waals surface area contributed by atoms with Gasteiger partial charge in [-0.15, -0.1) is 0 Å². The smallest absolute Gasteiger partial charge is 0.246 e. The van der Waals surface area contributed by atoms with E-state index in [0.717, 1.165) is 30.5 Å². The highest BCUT2D eigenvalue weighted by Crippen LogP contribution is 2.35. The summed E-state index contributed by atoms with van der Waals surface area (Å²) in [6.45, 7) is 7.00. The molecular weight excluding hydrogens is 416 g/mol. The fraction of sp³-hybridized carbons (Fsp3) is 0.619. The van der Waals surface area contributed by atoms with E-state index >= 15 is 0 Å². The van der Waals surface area contributed by atoms with Gasteiger partial charge in [0.05, 0.1) is 12.2 Å². The van der Waals surface area contributed by atoms with E-state index in [9.17, 15) is 13.2 Å². The number of aromatic nitrogens is 4. The van der Waals surface area contributed by atoms with Crippen molar-refractivity contribution in [3.8, 4) is 0 Å². The average Bonchev–Trinajstić information content (AvgIpc) is 3.44. The van der Waals surface area contributed by atoms with Gasteiger partial charge >= 0.3 is 0 Å². The van der Waals surface area contributed by atoms with Gasteiger partial charge in [0.25, 0.3) is 0 Å². The molecule has 1 amide bonds. The third kappa shape index (κ3) is 4.36. The van der Waals surface area contributed by atoms with Crippen molar-refractivity contribution >= 4 is 21.7 Å². The second kappa shape index (κ2) is 8.31. The Bertz CT molecular complexity index is 1110. The summed E-state index contributed by atoms with van der Waals surface area (Å²) in [5.74, 6) is 1.68. The molecule has 0 atom stereocenters. The first-order valence-electron chi connectivity index (χ1n) is 10.9. The fourth-order valence-corrected chi connectivity index (χ4v) is 5.29. The van der Waals surface area contributed by atoms with Crippen molar-refractivity contribution in [2.75, 3.05) is 18.5 Å². The van der Waals surface area contributed by atoms with Gasteiger partial charge in [-0.1, -0.05) is 6.92 Å². The SMILES string of the molecule is CCCn1cc(S(=O)(=O)N(C)Cc2nc(C)c3c(n2)N(CC2CC2)C(=O)CC3)c(C)n1. The van der Waals surface area contributed by atoms with Gasteiger partial charge in [-0.2, -0.15) is 9.40 Å². The number of hydrogen-bond acceptors (Lipinski definition) is 6. The third-order valence-corrected chi connectivity index (χ3v) is 7.83. The largest absolute Gasteiger partial charge is 0.296 e. The molecule has 1 aliphatic heterocycles. The van der Waals surface area contributed by atoms with Crippen molar-refractivity contribution in [2.45, 2.75) is 70.9 Å². The molecule has 9 nitrogen and oxygen atoms in total. The number of anilines is 1. The average molecular weight is 447 g/mol. The maximum atomic E-state index is 13.2. The highest BCUT2D eigenvalue weighted by molar-refractivity contribution is 7.89. The Hall–Kier alpha value is -2.33. The quantitative estimate of drug-likeness (QED) is 0.616. The van der Waals surface area contributed by atoms with E-state index in [0.29, 0.717) is 49.2 Å². The molecule has 3 heterocycles. The van der Waals surface area contributed by atoms with Gasteiger partial charge in [-0.25, -0.2) is 18.4 Å². The molecule has 2 aromatic rings. The molecule has 1 fully saturated rings. The lowest BCUT2D eigenvalue weighted by Crippen LogP contribution is -2.38. The van der Waals surface area contributed by atoms with Gasteiger partial charge in [0, 0.05) is 44.0 Å². The summed E-state index contributed by atoms with van der Waals surface area (Å²) in [5, 5.41) is 4.32. The van der Waals surface area contributed by atoms with E-state index < -0.39 is 10.0 Å². The molecule has 0 unspecified atom stereocenters. The van der Waals surface area contributed by atoms with Gasteiger partial charge in [0.2, 0.25) is 15.9 Å². The van der Waals surface area contributed by atoms with E-state index in [4.69, 9.17) is 0 Å². The number of rotatable bonds is 8. The molecule has 2 aromatic heterocycles. The lowest BCUT2D eigenvalue weighted by atomic mass is 10.0. The van der Waals surface area contributed by atoms with E-state index in [2.05, 4.69) is 15.1 Å². The second-order valence-electron chi connectivity index (χ2n) is 8.58. The number of aryl methyl sites for hydroxylation is 3. The Labute approximate surface area is 183 Å².